The van der Waals surface area contributed by atoms with E-state index in [0.29, 0.717) is 28.4 Å². The molecule has 0 atom stereocenters. The molecule has 0 aliphatic heterocycles. The summed E-state index contributed by atoms with van der Waals surface area (Å²) in [4.78, 5) is 12.0. The number of carbonyl (C=O) groups excluding carboxylic acids is 1. The number of amides is 1. The van der Waals surface area contributed by atoms with Crippen molar-refractivity contribution in [1.29, 1.82) is 0 Å². The molecular formula is C23H22ClN3O3. The van der Waals surface area contributed by atoms with Crippen LogP contribution in [0.3, 0.4) is 0 Å². The maximum Gasteiger partial charge on any atom is 0.259 e. The Balaban J connectivity index is 1.59. The molecular weight excluding hydrogens is 402 g/mol. The van der Waals surface area contributed by atoms with Crippen LogP contribution in [0.1, 0.15) is 16.7 Å². The molecule has 0 fully saturated rings. The molecule has 0 aromatic heterocycles. The quantitative estimate of drug-likeness (QED) is 0.374. The standard InChI is InChI=1S/C23H22ClN3O3/c1-30-22-9-5-4-8-20(22)25-15-23(29)27-26-14-18-13-16(10-11-21(18)28)12-17-6-2-3-7-19(17)24/h2-11,13-14,25,28H,12,15H2,1H3,(H,27,29). The highest BCUT2D eigenvalue weighted by atomic mass is 35.5. The Hall–Kier alpha value is -3.51. The minimum absolute atomic E-state index is 0.0240. The molecule has 1 amide bonds. The fourth-order valence-electron chi connectivity index (χ4n) is 2.86. The van der Waals surface area contributed by atoms with Crippen LogP contribution in [0.15, 0.2) is 71.8 Å². The number of nitrogens with zero attached hydrogens (tertiary/aromatic N) is 1. The summed E-state index contributed by atoms with van der Waals surface area (Å²) in [5.41, 5.74) is 5.60. The normalized spacial score (nSPS) is 10.7. The summed E-state index contributed by atoms with van der Waals surface area (Å²) in [6, 6.07) is 20.2. The number of carbonyl (C=O) groups is 1. The maximum atomic E-state index is 12.0. The predicted molar refractivity (Wildman–Crippen MR) is 120 cm³/mol. The molecule has 7 heteroatoms. The van der Waals surface area contributed by atoms with E-state index in [9.17, 15) is 9.90 Å². The molecule has 0 bridgehead atoms. The predicted octanol–water partition coefficient (Wildman–Crippen LogP) is 4.21. The number of hydrogen-bond acceptors (Lipinski definition) is 5. The molecule has 3 aromatic rings. The van der Waals surface area contributed by atoms with Crippen LogP contribution in [0.2, 0.25) is 5.02 Å². The van der Waals surface area contributed by atoms with Crippen molar-refractivity contribution < 1.29 is 14.6 Å². The Morgan fingerprint density at radius 1 is 1.13 bits per heavy atom. The van der Waals surface area contributed by atoms with Crippen LogP contribution in [0.25, 0.3) is 0 Å². The fourth-order valence-corrected chi connectivity index (χ4v) is 3.06. The van der Waals surface area contributed by atoms with Crippen LogP contribution >= 0.6 is 11.6 Å². The number of halogens is 1. The van der Waals surface area contributed by atoms with Crippen LogP contribution in [-0.4, -0.2) is 30.9 Å². The van der Waals surface area contributed by atoms with Gasteiger partial charge >= 0.3 is 0 Å². The number of aromatic hydroxyl groups is 1. The second-order valence-electron chi connectivity index (χ2n) is 6.51. The number of benzene rings is 3. The van der Waals surface area contributed by atoms with Gasteiger partial charge in [0.15, 0.2) is 0 Å². The number of para-hydroxylation sites is 2. The third kappa shape index (κ3) is 5.75. The average molecular weight is 424 g/mol. The van der Waals surface area contributed by atoms with Gasteiger partial charge in [0, 0.05) is 10.6 Å². The molecule has 154 valence electrons. The van der Waals surface area contributed by atoms with Gasteiger partial charge in [-0.2, -0.15) is 5.10 Å². The zero-order valence-corrected chi connectivity index (χ0v) is 17.2. The minimum atomic E-state index is -0.330. The van der Waals surface area contributed by atoms with Crippen molar-refractivity contribution in [3.05, 3.63) is 88.4 Å². The number of anilines is 1. The first-order valence-electron chi connectivity index (χ1n) is 9.31. The minimum Gasteiger partial charge on any atom is -0.507 e. The molecule has 0 heterocycles. The van der Waals surface area contributed by atoms with Gasteiger partial charge in [-0.05, 0) is 47.9 Å². The molecule has 0 saturated heterocycles. The molecule has 30 heavy (non-hydrogen) atoms. The molecule has 0 aliphatic carbocycles. The monoisotopic (exact) mass is 423 g/mol. The first-order chi connectivity index (χ1) is 14.6. The van der Waals surface area contributed by atoms with E-state index in [1.54, 1.807) is 25.3 Å². The molecule has 6 nitrogen and oxygen atoms in total. The summed E-state index contributed by atoms with van der Waals surface area (Å²) >= 11 is 6.22. The number of ether oxygens (including phenoxy) is 1. The van der Waals surface area contributed by atoms with Gasteiger partial charge in [-0.15, -0.1) is 0 Å². The lowest BCUT2D eigenvalue weighted by Crippen LogP contribution is -2.26. The van der Waals surface area contributed by atoms with Gasteiger partial charge in [0.25, 0.3) is 5.91 Å². The summed E-state index contributed by atoms with van der Waals surface area (Å²) in [7, 11) is 1.57. The Morgan fingerprint density at radius 2 is 1.90 bits per heavy atom. The number of phenols is 1. The second-order valence-corrected chi connectivity index (χ2v) is 6.92. The molecule has 0 radical (unpaired) electrons. The van der Waals surface area contributed by atoms with Crippen LogP contribution in [0, 0.1) is 0 Å². The number of rotatable bonds is 8. The highest BCUT2D eigenvalue weighted by Crippen LogP contribution is 2.23. The lowest BCUT2D eigenvalue weighted by atomic mass is 10.0. The molecule has 3 N–H and O–H groups in total. The second kappa shape index (κ2) is 10.3. The first-order valence-corrected chi connectivity index (χ1v) is 9.68. The van der Waals surface area contributed by atoms with Crippen molar-refractivity contribution in [1.82, 2.24) is 5.43 Å². The largest absolute Gasteiger partial charge is 0.507 e. The summed E-state index contributed by atoms with van der Waals surface area (Å²) in [5.74, 6) is 0.390. The van der Waals surface area contributed by atoms with E-state index in [1.807, 2.05) is 48.5 Å². The highest BCUT2D eigenvalue weighted by molar-refractivity contribution is 6.31. The Labute approximate surface area is 180 Å². The fraction of sp³-hybridized carbons (Fsp3) is 0.130. The summed E-state index contributed by atoms with van der Waals surface area (Å²) in [5, 5.41) is 17.7. The molecule has 3 rings (SSSR count). The summed E-state index contributed by atoms with van der Waals surface area (Å²) in [6.07, 6.45) is 2.03. The zero-order valence-electron chi connectivity index (χ0n) is 16.4. The molecule has 0 saturated carbocycles. The Morgan fingerprint density at radius 3 is 2.70 bits per heavy atom. The van der Waals surface area contributed by atoms with Crippen molar-refractivity contribution in [2.45, 2.75) is 6.42 Å². The van der Waals surface area contributed by atoms with E-state index in [1.165, 1.54) is 6.21 Å². The molecule has 0 spiro atoms. The third-order valence-electron chi connectivity index (χ3n) is 4.38. The molecule has 0 aliphatic rings. The van der Waals surface area contributed by atoms with Gasteiger partial charge in [-0.25, -0.2) is 5.43 Å². The third-order valence-corrected chi connectivity index (χ3v) is 4.75. The van der Waals surface area contributed by atoms with Crippen molar-refractivity contribution in [3.8, 4) is 11.5 Å². The number of methoxy groups -OCH3 is 1. The van der Waals surface area contributed by atoms with E-state index in [0.717, 1.165) is 11.1 Å². The number of hydrogen-bond donors (Lipinski definition) is 3. The lowest BCUT2D eigenvalue weighted by molar-refractivity contribution is -0.119. The first kappa shape index (κ1) is 21.2. The van der Waals surface area contributed by atoms with Crippen molar-refractivity contribution in [2.24, 2.45) is 5.10 Å². The lowest BCUT2D eigenvalue weighted by Gasteiger charge is -2.09. The van der Waals surface area contributed by atoms with E-state index in [2.05, 4.69) is 15.8 Å². The summed E-state index contributed by atoms with van der Waals surface area (Å²) < 4.78 is 5.23. The topological polar surface area (TPSA) is 83.0 Å². The van der Waals surface area contributed by atoms with E-state index < -0.39 is 0 Å². The average Bonchev–Trinajstić information content (AvgIpc) is 2.76. The number of phenolic OH excluding ortho intramolecular Hbond substituents is 1. The van der Waals surface area contributed by atoms with Gasteiger partial charge < -0.3 is 15.2 Å². The van der Waals surface area contributed by atoms with E-state index >= 15 is 0 Å². The van der Waals surface area contributed by atoms with Crippen molar-refractivity contribution >= 4 is 29.4 Å². The smallest absolute Gasteiger partial charge is 0.259 e. The highest BCUT2D eigenvalue weighted by Gasteiger charge is 2.06. The van der Waals surface area contributed by atoms with E-state index in [4.69, 9.17) is 16.3 Å². The number of nitrogens with one attached hydrogen (secondary N) is 2. The van der Waals surface area contributed by atoms with Gasteiger partial charge in [-0.3, -0.25) is 4.79 Å². The molecule has 0 unspecified atom stereocenters. The Kier molecular flexibility index (Phi) is 7.29. The van der Waals surface area contributed by atoms with Crippen LogP contribution in [0.4, 0.5) is 5.69 Å². The van der Waals surface area contributed by atoms with Gasteiger partial charge in [0.05, 0.1) is 25.6 Å². The van der Waals surface area contributed by atoms with Gasteiger partial charge in [0.2, 0.25) is 0 Å². The SMILES string of the molecule is COc1ccccc1NCC(=O)NN=Cc1cc(Cc2ccccc2Cl)ccc1O. The Bertz CT molecular complexity index is 1050. The van der Waals surface area contributed by atoms with Crippen molar-refractivity contribution in [2.75, 3.05) is 19.0 Å². The molecule has 3 aromatic carbocycles. The zero-order chi connectivity index (χ0) is 21.3. The van der Waals surface area contributed by atoms with Gasteiger partial charge in [0.1, 0.15) is 11.5 Å². The van der Waals surface area contributed by atoms with Crippen LogP contribution in [0.5, 0.6) is 11.5 Å². The maximum absolute atomic E-state index is 12.0. The number of hydrazone groups is 1. The van der Waals surface area contributed by atoms with Gasteiger partial charge in [-0.1, -0.05) is 48.0 Å². The van der Waals surface area contributed by atoms with E-state index in [-0.39, 0.29) is 18.2 Å². The summed E-state index contributed by atoms with van der Waals surface area (Å²) in [6.45, 7) is 0.0240. The van der Waals surface area contributed by atoms with Crippen LogP contribution < -0.4 is 15.5 Å². The van der Waals surface area contributed by atoms with Crippen LogP contribution in [-0.2, 0) is 11.2 Å². The van der Waals surface area contributed by atoms with Crippen molar-refractivity contribution in [3.63, 3.8) is 0 Å².